The molecule has 0 aliphatic carbocycles. The molecule has 4 rings (SSSR count). The van der Waals surface area contributed by atoms with Crippen LogP contribution in [0.5, 0.6) is 0 Å². The van der Waals surface area contributed by atoms with Crippen LogP contribution >= 0.6 is 0 Å². The Morgan fingerprint density at radius 1 is 0.974 bits per heavy atom. The standard InChI is InChI=1S/C23H19F7N6O2S/c1-12-2-4-17(36(12)39(38)18-5-3-16(24)11-31-18)20(37)33-8-14-6-13(7-32-19(14)22(25,26)27)15-9-34-21(35-10-15)23(28,29)30/h3,5-7,9-12,17H,2,4,8H2,1H3,(H,33,37). The van der Waals surface area contributed by atoms with Gasteiger partial charge in [-0.2, -0.15) is 26.3 Å². The van der Waals surface area contributed by atoms with Crippen molar-refractivity contribution in [2.45, 2.75) is 55.8 Å². The predicted octanol–water partition coefficient (Wildman–Crippen LogP) is 4.30. The average Bonchev–Trinajstić information content (AvgIpc) is 3.27. The maximum Gasteiger partial charge on any atom is 0.451 e. The van der Waals surface area contributed by atoms with Gasteiger partial charge in [-0.1, -0.05) is 0 Å². The number of pyridine rings is 2. The van der Waals surface area contributed by atoms with Crippen LogP contribution < -0.4 is 5.32 Å². The van der Waals surface area contributed by atoms with Crippen molar-refractivity contribution in [3.05, 3.63) is 65.9 Å². The molecule has 3 aromatic heterocycles. The quantitative estimate of drug-likeness (QED) is 0.440. The Hall–Kier alpha value is -3.53. The number of hydrogen-bond acceptors (Lipinski definition) is 6. The van der Waals surface area contributed by atoms with Gasteiger partial charge in [0.05, 0.1) is 6.20 Å². The Bertz CT molecular complexity index is 1370. The molecule has 1 saturated heterocycles. The fourth-order valence-electron chi connectivity index (χ4n) is 4.04. The van der Waals surface area contributed by atoms with Crippen LogP contribution in [0.1, 0.15) is 36.8 Å². The van der Waals surface area contributed by atoms with Crippen molar-refractivity contribution in [3.63, 3.8) is 0 Å². The van der Waals surface area contributed by atoms with Gasteiger partial charge in [0.25, 0.3) is 0 Å². The predicted molar refractivity (Wildman–Crippen MR) is 122 cm³/mol. The number of amides is 1. The summed E-state index contributed by atoms with van der Waals surface area (Å²) in [4.78, 5) is 26.6. The third-order valence-electron chi connectivity index (χ3n) is 5.90. The Labute approximate surface area is 219 Å². The number of nitrogens with one attached hydrogen (secondary N) is 1. The second kappa shape index (κ2) is 10.9. The van der Waals surface area contributed by atoms with Gasteiger partial charge in [-0.05, 0) is 38.0 Å². The molecule has 1 aliphatic rings. The molecule has 0 aromatic carbocycles. The van der Waals surface area contributed by atoms with E-state index < -0.39 is 64.7 Å². The summed E-state index contributed by atoms with van der Waals surface area (Å²) >= 11 is 0. The maximum absolute atomic E-state index is 13.6. The van der Waals surface area contributed by atoms with E-state index in [9.17, 15) is 39.7 Å². The van der Waals surface area contributed by atoms with Crippen LogP contribution in [0.15, 0.2) is 48.0 Å². The lowest BCUT2D eigenvalue weighted by molar-refractivity contribution is -0.145. The van der Waals surface area contributed by atoms with Crippen LogP contribution in [0.4, 0.5) is 30.7 Å². The summed E-state index contributed by atoms with van der Waals surface area (Å²) in [5.41, 5.74) is -1.77. The van der Waals surface area contributed by atoms with Gasteiger partial charge in [0.1, 0.15) is 33.6 Å². The maximum atomic E-state index is 13.6. The number of hydrogen-bond donors (Lipinski definition) is 1. The van der Waals surface area contributed by atoms with E-state index in [-0.39, 0.29) is 28.6 Å². The molecule has 1 aliphatic heterocycles. The van der Waals surface area contributed by atoms with Crippen molar-refractivity contribution in [2.24, 2.45) is 0 Å². The molecule has 0 bridgehead atoms. The molecular formula is C23H19F7N6O2S. The minimum absolute atomic E-state index is 0.000534. The molecule has 3 atom stereocenters. The molecule has 1 N–H and O–H groups in total. The first-order chi connectivity index (χ1) is 18.3. The smallest absolute Gasteiger partial charge is 0.351 e. The van der Waals surface area contributed by atoms with Crippen molar-refractivity contribution in [1.82, 2.24) is 29.6 Å². The molecule has 3 unspecified atom stereocenters. The lowest BCUT2D eigenvalue weighted by Crippen LogP contribution is -2.46. The number of carbonyl (C=O) groups excluding carboxylic acids is 1. The van der Waals surface area contributed by atoms with Crippen LogP contribution in [-0.4, -0.2) is 46.4 Å². The molecule has 3 aromatic rings. The summed E-state index contributed by atoms with van der Waals surface area (Å²) in [6, 6.07) is 1.99. The zero-order valence-electron chi connectivity index (χ0n) is 19.9. The van der Waals surface area contributed by atoms with Gasteiger partial charge in [-0.25, -0.2) is 27.9 Å². The molecule has 4 heterocycles. The van der Waals surface area contributed by atoms with Crippen molar-refractivity contribution in [1.29, 1.82) is 0 Å². The van der Waals surface area contributed by atoms with Crippen molar-refractivity contribution < 1.29 is 39.7 Å². The summed E-state index contributed by atoms with van der Waals surface area (Å²) in [5, 5.41) is 2.42. The first kappa shape index (κ1) is 28.5. The Balaban J connectivity index is 1.55. The van der Waals surface area contributed by atoms with Crippen molar-refractivity contribution in [2.75, 3.05) is 0 Å². The van der Waals surface area contributed by atoms with Gasteiger partial charge in [0.2, 0.25) is 11.7 Å². The lowest BCUT2D eigenvalue weighted by atomic mass is 10.1. The number of carbonyl (C=O) groups is 1. The number of aromatic nitrogens is 4. The van der Waals surface area contributed by atoms with Crippen LogP contribution in [0.2, 0.25) is 0 Å². The molecule has 16 heteroatoms. The third-order valence-corrected chi connectivity index (χ3v) is 7.50. The summed E-state index contributed by atoms with van der Waals surface area (Å²) < 4.78 is 107. The lowest BCUT2D eigenvalue weighted by Gasteiger charge is -2.26. The molecule has 0 spiro atoms. The van der Waals surface area contributed by atoms with E-state index in [1.807, 2.05) is 0 Å². The van der Waals surface area contributed by atoms with E-state index in [0.717, 1.165) is 36.9 Å². The van der Waals surface area contributed by atoms with Crippen molar-refractivity contribution >= 4 is 16.9 Å². The number of rotatable bonds is 6. The first-order valence-corrected chi connectivity index (χ1v) is 12.4. The van der Waals surface area contributed by atoms with Gasteiger partial charge in [-0.15, -0.1) is 0 Å². The zero-order valence-corrected chi connectivity index (χ0v) is 20.7. The highest BCUT2D eigenvalue weighted by Crippen LogP contribution is 2.33. The van der Waals surface area contributed by atoms with Crippen LogP contribution in [0, 0.1) is 5.82 Å². The van der Waals surface area contributed by atoms with Crippen molar-refractivity contribution in [3.8, 4) is 11.1 Å². The van der Waals surface area contributed by atoms with Crippen LogP contribution in [-0.2, 0) is 34.7 Å². The summed E-state index contributed by atoms with van der Waals surface area (Å²) in [6.07, 6.45) is -5.66. The number of alkyl halides is 6. The fourth-order valence-corrected chi connectivity index (χ4v) is 5.45. The van der Waals surface area contributed by atoms with E-state index in [2.05, 4.69) is 25.3 Å². The van der Waals surface area contributed by atoms with E-state index in [0.29, 0.717) is 6.42 Å². The average molecular weight is 576 g/mol. The van der Waals surface area contributed by atoms with Crippen LogP contribution in [0.25, 0.3) is 11.1 Å². The highest BCUT2D eigenvalue weighted by atomic mass is 32.2. The molecule has 39 heavy (non-hydrogen) atoms. The SMILES string of the molecule is CC1CCC(C(=O)NCc2cc(-c3cnc(C(F)(F)F)nc3)cnc2C(F)(F)F)N1S(=O)c1ccc(F)cn1. The minimum Gasteiger partial charge on any atom is -0.351 e. The topological polar surface area (TPSA) is 101 Å². The van der Waals surface area contributed by atoms with E-state index in [1.165, 1.54) is 10.4 Å². The van der Waals surface area contributed by atoms with E-state index in [4.69, 9.17) is 0 Å². The second-order valence-corrected chi connectivity index (χ2v) is 9.94. The summed E-state index contributed by atoms with van der Waals surface area (Å²) in [5.74, 6) is -2.76. The van der Waals surface area contributed by atoms with E-state index >= 15 is 0 Å². The molecule has 1 fully saturated rings. The largest absolute Gasteiger partial charge is 0.451 e. The zero-order chi connectivity index (χ0) is 28.5. The van der Waals surface area contributed by atoms with Gasteiger partial charge in [0, 0.05) is 47.9 Å². The Morgan fingerprint density at radius 3 is 2.23 bits per heavy atom. The molecule has 0 radical (unpaired) electrons. The number of halogens is 7. The first-order valence-electron chi connectivity index (χ1n) is 11.3. The Kier molecular flexibility index (Phi) is 7.97. The monoisotopic (exact) mass is 576 g/mol. The van der Waals surface area contributed by atoms with Gasteiger partial charge < -0.3 is 5.32 Å². The summed E-state index contributed by atoms with van der Waals surface area (Å²) in [6.45, 7) is 1.09. The molecule has 0 saturated carbocycles. The summed E-state index contributed by atoms with van der Waals surface area (Å²) in [7, 11) is -1.94. The Morgan fingerprint density at radius 2 is 1.64 bits per heavy atom. The number of nitrogens with zero attached hydrogens (tertiary/aromatic N) is 5. The fraction of sp³-hybridized carbons (Fsp3) is 0.348. The van der Waals surface area contributed by atoms with Gasteiger partial charge in [-0.3, -0.25) is 9.78 Å². The second-order valence-electron chi connectivity index (χ2n) is 8.61. The highest BCUT2D eigenvalue weighted by Gasteiger charge is 2.41. The molecule has 8 nitrogen and oxygen atoms in total. The minimum atomic E-state index is -4.89. The van der Waals surface area contributed by atoms with Gasteiger partial charge >= 0.3 is 12.4 Å². The highest BCUT2D eigenvalue weighted by molar-refractivity contribution is 7.82. The van der Waals surface area contributed by atoms with E-state index in [1.54, 1.807) is 6.92 Å². The molecule has 208 valence electrons. The molecular weight excluding hydrogens is 557 g/mol. The molecule has 1 amide bonds. The van der Waals surface area contributed by atoms with Gasteiger partial charge in [0.15, 0.2) is 0 Å². The third kappa shape index (κ3) is 6.38. The normalized spacial score (nSPS) is 19.2. The van der Waals surface area contributed by atoms with Crippen LogP contribution in [0.3, 0.4) is 0 Å².